The van der Waals surface area contributed by atoms with Crippen LogP contribution in [0.1, 0.15) is 37.8 Å². The Morgan fingerprint density at radius 1 is 0.976 bits per heavy atom. The summed E-state index contributed by atoms with van der Waals surface area (Å²) < 4.78 is 16.5. The van der Waals surface area contributed by atoms with Gasteiger partial charge in [-0.05, 0) is 54.4 Å². The van der Waals surface area contributed by atoms with Crippen LogP contribution in [0.5, 0.6) is 11.5 Å². The SMILES string of the molecule is COCCCOc1cc(C[C@@H](C[C@H](N)[C@@H](O)CN(C)c2c(NCCc3ccccc3)c(=O)c2=O)C(C)C)ccc1OC. The first-order chi connectivity index (χ1) is 20.2. The second-order valence-corrected chi connectivity index (χ2v) is 11.3. The maximum atomic E-state index is 12.4. The zero-order valence-electron chi connectivity index (χ0n) is 25.6. The molecule has 9 heteroatoms. The number of nitrogens with zero attached hydrogens (tertiary/aromatic N) is 1. The third kappa shape index (κ3) is 9.05. The van der Waals surface area contributed by atoms with Crippen LogP contribution >= 0.6 is 0 Å². The summed E-state index contributed by atoms with van der Waals surface area (Å²) in [6.07, 6.45) is 1.98. The minimum atomic E-state index is -0.881. The van der Waals surface area contributed by atoms with Crippen molar-refractivity contribution in [2.24, 2.45) is 17.6 Å². The molecule has 42 heavy (non-hydrogen) atoms. The minimum absolute atomic E-state index is 0.145. The zero-order chi connectivity index (χ0) is 30.6. The fourth-order valence-corrected chi connectivity index (χ4v) is 5.14. The predicted molar refractivity (Wildman–Crippen MR) is 169 cm³/mol. The number of nitrogens with two attached hydrogens (primary N) is 1. The molecular weight excluding hydrogens is 534 g/mol. The molecule has 0 saturated heterocycles. The van der Waals surface area contributed by atoms with Crippen LogP contribution in [0.25, 0.3) is 0 Å². The van der Waals surface area contributed by atoms with Gasteiger partial charge in [0.2, 0.25) is 0 Å². The van der Waals surface area contributed by atoms with Gasteiger partial charge in [0.1, 0.15) is 11.4 Å². The van der Waals surface area contributed by atoms with Gasteiger partial charge in [0, 0.05) is 46.3 Å². The van der Waals surface area contributed by atoms with E-state index < -0.39 is 23.0 Å². The monoisotopic (exact) mass is 581 g/mol. The van der Waals surface area contributed by atoms with Crippen LogP contribution in [0.3, 0.4) is 0 Å². The molecule has 0 aliphatic heterocycles. The molecule has 0 aliphatic carbocycles. The molecule has 0 saturated carbocycles. The molecule has 0 spiro atoms. The van der Waals surface area contributed by atoms with Gasteiger partial charge < -0.3 is 35.3 Å². The van der Waals surface area contributed by atoms with E-state index in [4.69, 9.17) is 19.9 Å². The van der Waals surface area contributed by atoms with Crippen molar-refractivity contribution in [1.82, 2.24) is 0 Å². The number of hydrogen-bond acceptors (Lipinski definition) is 9. The number of anilines is 2. The normalized spacial score (nSPS) is 13.6. The fraction of sp³-hybridized carbons (Fsp3) is 0.515. The van der Waals surface area contributed by atoms with Crippen LogP contribution in [0, 0.1) is 11.8 Å². The number of aliphatic hydroxyl groups excluding tert-OH is 1. The van der Waals surface area contributed by atoms with Gasteiger partial charge in [-0.2, -0.15) is 0 Å². The summed E-state index contributed by atoms with van der Waals surface area (Å²) in [5.74, 6) is 1.90. The molecule has 0 unspecified atom stereocenters. The van der Waals surface area contributed by atoms with Crippen LogP contribution in [0.4, 0.5) is 11.4 Å². The molecule has 0 fully saturated rings. The largest absolute Gasteiger partial charge is 0.493 e. The summed E-state index contributed by atoms with van der Waals surface area (Å²) in [6.45, 7) is 6.13. The number of likely N-dealkylation sites (N-methyl/N-ethyl adjacent to an activating group) is 1. The van der Waals surface area contributed by atoms with Gasteiger partial charge in [-0.25, -0.2) is 0 Å². The van der Waals surface area contributed by atoms with Crippen molar-refractivity contribution in [3.8, 4) is 11.5 Å². The standard InChI is InChI=1S/C33H47N3O6/c1-22(2)25(18-24-12-13-28(41-5)29(19-24)42-17-9-16-40-4)20-26(34)27(37)21-36(3)31-30(32(38)33(31)39)35-15-14-23-10-7-6-8-11-23/h6-8,10-13,19,22,25-27,35,37H,9,14-18,20-21,34H2,1-5H3/t25-,26-,27-/m0/s1. The summed E-state index contributed by atoms with van der Waals surface area (Å²) in [5, 5.41) is 14.1. The van der Waals surface area contributed by atoms with E-state index in [-0.39, 0.29) is 12.5 Å². The molecule has 0 radical (unpaired) electrons. The van der Waals surface area contributed by atoms with E-state index in [0.29, 0.717) is 55.0 Å². The number of benzene rings is 2. The molecular formula is C33H47N3O6. The van der Waals surface area contributed by atoms with Crippen molar-refractivity contribution in [2.75, 3.05) is 57.8 Å². The summed E-state index contributed by atoms with van der Waals surface area (Å²) in [5.41, 5.74) is 8.29. The summed E-state index contributed by atoms with van der Waals surface area (Å²) in [6, 6.07) is 15.4. The first-order valence-corrected chi connectivity index (χ1v) is 14.7. The van der Waals surface area contributed by atoms with Crippen molar-refractivity contribution >= 4 is 11.4 Å². The molecule has 4 N–H and O–H groups in total. The number of methoxy groups -OCH3 is 2. The maximum Gasteiger partial charge on any atom is 0.253 e. The minimum Gasteiger partial charge on any atom is -0.493 e. The van der Waals surface area contributed by atoms with Crippen molar-refractivity contribution < 1.29 is 19.3 Å². The topological polar surface area (TPSA) is 123 Å². The highest BCUT2D eigenvalue weighted by Crippen LogP contribution is 2.31. The van der Waals surface area contributed by atoms with E-state index in [1.165, 1.54) is 0 Å². The van der Waals surface area contributed by atoms with Crippen LogP contribution in [0.2, 0.25) is 0 Å². The van der Waals surface area contributed by atoms with Gasteiger partial charge in [0.05, 0.1) is 19.8 Å². The first-order valence-electron chi connectivity index (χ1n) is 14.7. The average molecular weight is 582 g/mol. The van der Waals surface area contributed by atoms with Gasteiger partial charge in [-0.1, -0.05) is 50.2 Å². The predicted octanol–water partition coefficient (Wildman–Crippen LogP) is 3.39. The van der Waals surface area contributed by atoms with E-state index >= 15 is 0 Å². The lowest BCUT2D eigenvalue weighted by atomic mass is 9.83. The number of aliphatic hydroxyl groups is 1. The van der Waals surface area contributed by atoms with E-state index in [1.54, 1.807) is 26.2 Å². The Morgan fingerprint density at radius 2 is 1.71 bits per heavy atom. The summed E-state index contributed by atoms with van der Waals surface area (Å²) in [7, 11) is 5.00. The van der Waals surface area contributed by atoms with Crippen LogP contribution in [0.15, 0.2) is 58.1 Å². The Hall–Kier alpha value is -3.40. The summed E-state index contributed by atoms with van der Waals surface area (Å²) >= 11 is 0. The molecule has 0 aliphatic rings. The Balaban J connectivity index is 1.59. The van der Waals surface area contributed by atoms with E-state index in [2.05, 4.69) is 19.2 Å². The van der Waals surface area contributed by atoms with Crippen LogP contribution in [-0.2, 0) is 17.6 Å². The highest BCUT2D eigenvalue weighted by Gasteiger charge is 2.28. The van der Waals surface area contributed by atoms with Gasteiger partial charge in [-0.15, -0.1) is 0 Å². The van der Waals surface area contributed by atoms with Gasteiger partial charge in [0.25, 0.3) is 10.9 Å². The lowest BCUT2D eigenvalue weighted by molar-refractivity contribution is 0.132. The van der Waals surface area contributed by atoms with Gasteiger partial charge in [-0.3, -0.25) is 9.59 Å². The highest BCUT2D eigenvalue weighted by molar-refractivity contribution is 5.75. The Morgan fingerprint density at radius 3 is 2.38 bits per heavy atom. The second-order valence-electron chi connectivity index (χ2n) is 11.3. The zero-order valence-corrected chi connectivity index (χ0v) is 25.6. The van der Waals surface area contributed by atoms with E-state index in [0.717, 1.165) is 30.4 Å². The Kier molecular flexibility index (Phi) is 12.8. The number of nitrogens with one attached hydrogen (secondary N) is 1. The van der Waals surface area contributed by atoms with Crippen molar-refractivity contribution in [3.05, 3.63) is 80.1 Å². The van der Waals surface area contributed by atoms with E-state index in [1.807, 2.05) is 48.5 Å². The Bertz CT molecular complexity index is 1310. The molecule has 3 rings (SSSR count). The average Bonchev–Trinajstić information content (AvgIpc) is 2.98. The summed E-state index contributed by atoms with van der Waals surface area (Å²) in [4.78, 5) is 26.3. The molecule has 0 aromatic heterocycles. The number of ether oxygens (including phenoxy) is 3. The molecule has 9 nitrogen and oxygen atoms in total. The first kappa shape index (κ1) is 33.1. The number of rotatable bonds is 19. The van der Waals surface area contributed by atoms with Crippen molar-refractivity contribution in [3.63, 3.8) is 0 Å². The fourth-order valence-electron chi connectivity index (χ4n) is 5.14. The second kappa shape index (κ2) is 16.3. The molecule has 3 atom stereocenters. The molecule has 230 valence electrons. The van der Waals surface area contributed by atoms with E-state index in [9.17, 15) is 14.7 Å². The van der Waals surface area contributed by atoms with Gasteiger partial charge in [0.15, 0.2) is 11.5 Å². The lowest BCUT2D eigenvalue weighted by Crippen LogP contribution is -2.48. The van der Waals surface area contributed by atoms with Crippen molar-refractivity contribution in [2.45, 2.75) is 51.7 Å². The quantitative estimate of drug-likeness (QED) is 0.144. The van der Waals surface area contributed by atoms with Crippen molar-refractivity contribution in [1.29, 1.82) is 0 Å². The third-order valence-electron chi connectivity index (χ3n) is 7.77. The maximum absolute atomic E-state index is 12.4. The molecule has 0 bridgehead atoms. The lowest BCUT2D eigenvalue weighted by Gasteiger charge is -2.31. The Labute approximate surface area is 249 Å². The number of hydrogen-bond donors (Lipinski definition) is 3. The third-order valence-corrected chi connectivity index (χ3v) is 7.77. The smallest absolute Gasteiger partial charge is 0.253 e. The highest BCUT2D eigenvalue weighted by atomic mass is 16.5. The van der Waals surface area contributed by atoms with Crippen LogP contribution in [-0.4, -0.2) is 64.8 Å². The molecule has 0 heterocycles. The van der Waals surface area contributed by atoms with Gasteiger partial charge >= 0.3 is 0 Å². The molecule has 3 aromatic carbocycles. The molecule has 3 aromatic rings. The molecule has 0 amide bonds. The van der Waals surface area contributed by atoms with Crippen LogP contribution < -0.4 is 36.3 Å².